The minimum atomic E-state index is 0.457. The molecule has 3 rings (SSSR count). The summed E-state index contributed by atoms with van der Waals surface area (Å²) in [5, 5.41) is 0. The van der Waals surface area contributed by atoms with E-state index in [0.717, 1.165) is 18.7 Å². The van der Waals surface area contributed by atoms with Gasteiger partial charge in [-0.05, 0) is 56.0 Å². The van der Waals surface area contributed by atoms with Crippen LogP contribution in [0.1, 0.15) is 23.6 Å². The maximum atomic E-state index is 5.62. The van der Waals surface area contributed by atoms with Gasteiger partial charge in [-0.3, -0.25) is 0 Å². The number of fused-ring (bicyclic) bond motifs is 1. The van der Waals surface area contributed by atoms with Gasteiger partial charge in [0, 0.05) is 17.9 Å². The molecule has 2 N–H and O–H groups in total. The van der Waals surface area contributed by atoms with Gasteiger partial charge in [-0.1, -0.05) is 24.3 Å². The topological polar surface area (TPSA) is 42.1 Å². The SMILES string of the molecule is Cc1cc(CCN)cnc1N1c2ccccc2CC1C. The summed E-state index contributed by atoms with van der Waals surface area (Å²) in [7, 11) is 0. The summed E-state index contributed by atoms with van der Waals surface area (Å²) in [5.74, 6) is 1.07. The van der Waals surface area contributed by atoms with Gasteiger partial charge in [-0.2, -0.15) is 0 Å². The molecule has 0 fully saturated rings. The second-order valence-electron chi connectivity index (χ2n) is 5.57. The van der Waals surface area contributed by atoms with Crippen LogP contribution in [0.15, 0.2) is 36.5 Å². The zero-order valence-corrected chi connectivity index (χ0v) is 12.1. The molecule has 1 atom stereocenters. The van der Waals surface area contributed by atoms with Crippen molar-refractivity contribution in [1.82, 2.24) is 4.98 Å². The molecule has 0 amide bonds. The van der Waals surface area contributed by atoms with Gasteiger partial charge in [0.25, 0.3) is 0 Å². The van der Waals surface area contributed by atoms with Gasteiger partial charge in [0.05, 0.1) is 0 Å². The Balaban J connectivity index is 2.01. The van der Waals surface area contributed by atoms with Crippen LogP contribution in [0.3, 0.4) is 0 Å². The lowest BCUT2D eigenvalue weighted by Gasteiger charge is -2.25. The largest absolute Gasteiger partial charge is 0.330 e. The van der Waals surface area contributed by atoms with E-state index >= 15 is 0 Å². The van der Waals surface area contributed by atoms with Crippen molar-refractivity contribution in [3.63, 3.8) is 0 Å². The van der Waals surface area contributed by atoms with Crippen LogP contribution in [0.5, 0.6) is 0 Å². The zero-order chi connectivity index (χ0) is 14.1. The summed E-state index contributed by atoms with van der Waals surface area (Å²) in [6, 6.07) is 11.3. The molecule has 104 valence electrons. The van der Waals surface area contributed by atoms with Crippen LogP contribution in [0, 0.1) is 6.92 Å². The minimum Gasteiger partial charge on any atom is -0.330 e. The summed E-state index contributed by atoms with van der Waals surface area (Å²) < 4.78 is 0. The van der Waals surface area contributed by atoms with Crippen LogP contribution in [0.2, 0.25) is 0 Å². The molecule has 2 aromatic rings. The molecular weight excluding hydrogens is 246 g/mol. The lowest BCUT2D eigenvalue weighted by atomic mass is 10.1. The van der Waals surface area contributed by atoms with Crippen LogP contribution < -0.4 is 10.6 Å². The van der Waals surface area contributed by atoms with E-state index in [0.29, 0.717) is 12.6 Å². The second-order valence-corrected chi connectivity index (χ2v) is 5.57. The van der Waals surface area contributed by atoms with Crippen LogP contribution in [-0.2, 0) is 12.8 Å². The lowest BCUT2D eigenvalue weighted by molar-refractivity contribution is 0.747. The molecule has 0 radical (unpaired) electrons. The first kappa shape index (κ1) is 13.1. The highest BCUT2D eigenvalue weighted by atomic mass is 15.2. The number of anilines is 2. The smallest absolute Gasteiger partial charge is 0.136 e. The molecule has 3 heteroatoms. The van der Waals surface area contributed by atoms with Gasteiger partial charge < -0.3 is 10.6 Å². The molecule has 1 aliphatic rings. The number of nitrogens with zero attached hydrogens (tertiary/aromatic N) is 2. The Morgan fingerprint density at radius 2 is 2.15 bits per heavy atom. The average molecular weight is 267 g/mol. The number of hydrogen-bond donors (Lipinski definition) is 1. The van der Waals surface area contributed by atoms with Crippen molar-refractivity contribution in [2.75, 3.05) is 11.4 Å². The molecule has 1 aromatic carbocycles. The molecule has 3 nitrogen and oxygen atoms in total. The summed E-state index contributed by atoms with van der Waals surface area (Å²) in [4.78, 5) is 7.06. The standard InChI is InChI=1S/C17H21N3/c1-12-9-14(7-8-18)11-19-17(12)20-13(2)10-15-5-3-4-6-16(15)20/h3-6,9,11,13H,7-8,10,18H2,1-2H3. The Kier molecular flexibility index (Phi) is 3.45. The number of aryl methyl sites for hydroxylation is 1. The molecular formula is C17H21N3. The molecule has 1 aliphatic heterocycles. The highest BCUT2D eigenvalue weighted by Crippen LogP contribution is 2.38. The lowest BCUT2D eigenvalue weighted by Crippen LogP contribution is -2.25. The van der Waals surface area contributed by atoms with Crippen molar-refractivity contribution in [1.29, 1.82) is 0 Å². The Morgan fingerprint density at radius 1 is 1.35 bits per heavy atom. The van der Waals surface area contributed by atoms with E-state index in [1.54, 1.807) is 0 Å². The summed E-state index contributed by atoms with van der Waals surface area (Å²) in [5.41, 5.74) is 10.8. The number of rotatable bonds is 3. The third kappa shape index (κ3) is 2.18. The molecule has 2 heterocycles. The normalized spacial score (nSPS) is 17.4. The van der Waals surface area contributed by atoms with E-state index in [1.807, 2.05) is 6.20 Å². The first-order valence-corrected chi connectivity index (χ1v) is 7.23. The highest BCUT2D eigenvalue weighted by molar-refractivity contribution is 5.70. The number of para-hydroxylation sites is 1. The van der Waals surface area contributed by atoms with Gasteiger partial charge >= 0.3 is 0 Å². The molecule has 0 bridgehead atoms. The predicted octanol–water partition coefficient (Wildman–Crippen LogP) is 2.97. The number of hydrogen-bond acceptors (Lipinski definition) is 3. The van der Waals surface area contributed by atoms with Crippen molar-refractivity contribution < 1.29 is 0 Å². The number of pyridine rings is 1. The quantitative estimate of drug-likeness (QED) is 0.929. The number of benzene rings is 1. The van der Waals surface area contributed by atoms with E-state index in [-0.39, 0.29) is 0 Å². The van der Waals surface area contributed by atoms with Gasteiger partial charge in [-0.25, -0.2) is 4.98 Å². The van der Waals surface area contributed by atoms with Crippen LogP contribution in [0.25, 0.3) is 0 Å². The Hall–Kier alpha value is -1.87. The maximum absolute atomic E-state index is 5.62. The summed E-state index contributed by atoms with van der Waals surface area (Å²) >= 11 is 0. The summed E-state index contributed by atoms with van der Waals surface area (Å²) in [6.45, 7) is 5.06. The molecule has 0 saturated heterocycles. The maximum Gasteiger partial charge on any atom is 0.136 e. The second kappa shape index (κ2) is 5.25. The molecule has 0 aliphatic carbocycles. The van der Waals surface area contributed by atoms with Crippen molar-refractivity contribution in [3.05, 3.63) is 53.2 Å². The Morgan fingerprint density at radius 3 is 2.90 bits per heavy atom. The summed E-state index contributed by atoms with van der Waals surface area (Å²) in [6.07, 6.45) is 3.94. The van der Waals surface area contributed by atoms with E-state index in [1.165, 1.54) is 22.4 Å². The predicted molar refractivity (Wildman–Crippen MR) is 83.5 cm³/mol. The Bertz CT molecular complexity index is 621. The van der Waals surface area contributed by atoms with Gasteiger partial charge in [0.1, 0.15) is 5.82 Å². The van der Waals surface area contributed by atoms with E-state index < -0.39 is 0 Å². The van der Waals surface area contributed by atoms with Crippen molar-refractivity contribution >= 4 is 11.5 Å². The van der Waals surface area contributed by atoms with Crippen molar-refractivity contribution in [2.24, 2.45) is 5.73 Å². The van der Waals surface area contributed by atoms with Crippen LogP contribution in [-0.4, -0.2) is 17.6 Å². The third-order valence-corrected chi connectivity index (χ3v) is 3.98. The molecule has 0 saturated carbocycles. The number of nitrogens with two attached hydrogens (primary N) is 1. The molecule has 1 unspecified atom stereocenters. The van der Waals surface area contributed by atoms with Gasteiger partial charge in [-0.15, -0.1) is 0 Å². The molecule has 0 spiro atoms. The van der Waals surface area contributed by atoms with Gasteiger partial charge in [0.15, 0.2) is 0 Å². The van der Waals surface area contributed by atoms with Crippen molar-refractivity contribution in [2.45, 2.75) is 32.7 Å². The van der Waals surface area contributed by atoms with E-state index in [4.69, 9.17) is 10.7 Å². The highest BCUT2D eigenvalue weighted by Gasteiger charge is 2.28. The van der Waals surface area contributed by atoms with Gasteiger partial charge in [0.2, 0.25) is 0 Å². The fourth-order valence-corrected chi connectivity index (χ4v) is 3.07. The van der Waals surface area contributed by atoms with Crippen molar-refractivity contribution in [3.8, 4) is 0 Å². The monoisotopic (exact) mass is 267 g/mol. The fourth-order valence-electron chi connectivity index (χ4n) is 3.07. The van der Waals surface area contributed by atoms with E-state index in [9.17, 15) is 0 Å². The minimum absolute atomic E-state index is 0.457. The average Bonchev–Trinajstić information content (AvgIpc) is 2.76. The molecule has 1 aromatic heterocycles. The van der Waals surface area contributed by atoms with Crippen LogP contribution >= 0.6 is 0 Å². The fraction of sp³-hybridized carbons (Fsp3) is 0.353. The zero-order valence-electron chi connectivity index (χ0n) is 12.1. The van der Waals surface area contributed by atoms with E-state index in [2.05, 4.69) is 49.1 Å². The first-order valence-electron chi connectivity index (χ1n) is 7.23. The first-order chi connectivity index (χ1) is 9.70. The number of aromatic nitrogens is 1. The molecule has 20 heavy (non-hydrogen) atoms. The van der Waals surface area contributed by atoms with Crippen LogP contribution in [0.4, 0.5) is 11.5 Å². The third-order valence-electron chi connectivity index (χ3n) is 3.98. The Labute approximate surface area is 120 Å².